The Kier molecular flexibility index (Phi) is 24.8. The van der Waals surface area contributed by atoms with E-state index >= 15 is 0 Å². The number of aliphatic hydroxyl groups is 24. The van der Waals surface area contributed by atoms with E-state index < -0.39 is 193 Å². The first-order chi connectivity index (χ1) is 28.2. The lowest BCUT2D eigenvalue weighted by Gasteiger charge is -2.34. The van der Waals surface area contributed by atoms with E-state index in [0.717, 1.165) is 12.1 Å². The quantitative estimate of drug-likeness (QED) is 0.0332. The summed E-state index contributed by atoms with van der Waals surface area (Å²) in [5, 5.41) is 244. The summed E-state index contributed by atoms with van der Waals surface area (Å²) in [6.45, 7) is -3.40. The van der Waals surface area contributed by atoms with Gasteiger partial charge in [0.15, 0.2) is 0 Å². The van der Waals surface area contributed by atoms with E-state index in [0.29, 0.717) is 0 Å². The largest absolute Gasteiger partial charge is 0.427 e. The zero-order valence-electron chi connectivity index (χ0n) is 32.0. The summed E-state index contributed by atoms with van der Waals surface area (Å²) in [6.07, 6.45) is -53.6. The second kappa shape index (κ2) is 26.4. The van der Waals surface area contributed by atoms with Gasteiger partial charge in [-0.3, -0.25) is 0 Å². The van der Waals surface area contributed by atoms with Crippen molar-refractivity contribution in [2.45, 2.75) is 147 Å². The number of aliphatic hydroxyl groups excluding tert-OH is 24. The Bertz CT molecular complexity index is 1390. The normalized spacial score (nSPS) is 23.1. The summed E-state index contributed by atoms with van der Waals surface area (Å²) >= 11 is 0. The lowest BCUT2D eigenvalue weighted by molar-refractivity contribution is -0.170. The molecule has 1 aromatic rings. The minimum Gasteiger partial charge on any atom is -0.427 e. The van der Waals surface area contributed by atoms with Crippen LogP contribution < -0.4 is 4.52 Å². The monoisotopic (exact) mass is 920 g/mol. The van der Waals surface area contributed by atoms with Gasteiger partial charge in [0.2, 0.25) is 0 Å². The van der Waals surface area contributed by atoms with Crippen LogP contribution in [0.15, 0.2) is 12.1 Å². The molecule has 0 aliphatic rings. The first kappa shape index (κ1) is 57.4. The summed E-state index contributed by atoms with van der Waals surface area (Å²) in [4.78, 5) is 19.4. The molecule has 0 heterocycles. The van der Waals surface area contributed by atoms with Crippen LogP contribution in [-0.4, -0.2) is 280 Å². The van der Waals surface area contributed by atoms with Crippen molar-refractivity contribution in [3.05, 3.63) is 28.8 Å². The lowest BCUT2D eigenvalue weighted by atomic mass is 9.84. The van der Waals surface area contributed by atoms with Gasteiger partial charge in [-0.1, -0.05) is 6.07 Å². The summed E-state index contributed by atoms with van der Waals surface area (Å²) in [6, 6.07) is 1.86. The van der Waals surface area contributed by atoms with Gasteiger partial charge in [-0.15, -0.1) is 0 Å². The van der Waals surface area contributed by atoms with Gasteiger partial charge < -0.3 is 137 Å². The Morgan fingerprint density at radius 1 is 0.328 bits per heavy atom. The summed E-state index contributed by atoms with van der Waals surface area (Å²) in [5.41, 5.74) is -1.39. The highest BCUT2D eigenvalue weighted by molar-refractivity contribution is 7.39. The average molecular weight is 921 g/mol. The van der Waals surface area contributed by atoms with Gasteiger partial charge in [0.05, 0.1) is 38.1 Å². The van der Waals surface area contributed by atoms with Crippen LogP contribution in [0.1, 0.15) is 16.7 Å². The highest BCUT2D eigenvalue weighted by Crippen LogP contribution is 2.37. The molecule has 26 N–H and O–H groups in total. The summed E-state index contributed by atoms with van der Waals surface area (Å²) in [7, 11) is -3.38. The molecule has 0 amide bonds. The molecule has 21 atom stereocenters. The van der Waals surface area contributed by atoms with Gasteiger partial charge in [-0.25, -0.2) is 0 Å². The minimum atomic E-state index is -3.38. The zero-order chi connectivity index (χ0) is 47.4. The van der Waals surface area contributed by atoms with Crippen molar-refractivity contribution in [2.24, 2.45) is 0 Å². The Morgan fingerprint density at radius 2 is 0.574 bits per heavy atom. The van der Waals surface area contributed by atoms with Crippen LogP contribution in [-0.2, 0) is 19.3 Å². The van der Waals surface area contributed by atoms with Crippen LogP contribution in [0.25, 0.3) is 0 Å². The maximum Gasteiger partial charge on any atom is 0.391 e. The Morgan fingerprint density at radius 3 is 0.852 bits per heavy atom. The highest BCUT2D eigenvalue weighted by Gasteiger charge is 2.43. The molecule has 0 bridgehead atoms. The molecule has 0 radical (unpaired) electrons. The van der Waals surface area contributed by atoms with Crippen LogP contribution in [0.5, 0.6) is 5.75 Å². The van der Waals surface area contributed by atoms with E-state index in [2.05, 4.69) is 0 Å². The summed E-state index contributed by atoms with van der Waals surface area (Å²) < 4.78 is 4.99. The third-order valence-corrected chi connectivity index (χ3v) is 10.4. The summed E-state index contributed by atoms with van der Waals surface area (Å²) in [5.74, 6) is -0.651. The number of hydrogen-bond donors (Lipinski definition) is 26. The Balaban J connectivity index is 3.82. The maximum absolute atomic E-state index is 11.1. The molecule has 21 unspecified atom stereocenters. The number of hydrogen-bond acceptors (Lipinski definition) is 27. The van der Waals surface area contributed by atoms with Gasteiger partial charge in [0.1, 0.15) is 116 Å². The number of rotatable bonds is 29. The maximum atomic E-state index is 11.1. The minimum absolute atomic E-state index is 0.339. The van der Waals surface area contributed by atoms with E-state index in [9.17, 15) is 117 Å². The molecule has 0 spiro atoms. The first-order valence-corrected chi connectivity index (χ1v) is 19.5. The van der Waals surface area contributed by atoms with Crippen LogP contribution >= 0.6 is 8.60 Å². The molecule has 1 rings (SSSR count). The SMILES string of the molecule is OCC(O)C(O)C(O)C(O)C(O)C(O)C(O)Cc1ccc(OP(O)O)c(CC(O)C(O)C(O)C(O)C(O)C(O)C(O)CO)c1CC(O)C(O)C(O)C(O)C(O)C(O)C(O)CO. The van der Waals surface area contributed by atoms with Crippen molar-refractivity contribution in [2.75, 3.05) is 19.8 Å². The molecule has 0 saturated heterocycles. The van der Waals surface area contributed by atoms with Crippen molar-refractivity contribution in [1.29, 1.82) is 0 Å². The van der Waals surface area contributed by atoms with Gasteiger partial charge in [0, 0.05) is 24.8 Å². The molecule has 27 nitrogen and oxygen atoms in total. The van der Waals surface area contributed by atoms with E-state index in [1.165, 1.54) is 0 Å². The van der Waals surface area contributed by atoms with Crippen molar-refractivity contribution in [3.63, 3.8) is 0 Å². The first-order valence-electron chi connectivity index (χ1n) is 18.3. The fourth-order valence-corrected chi connectivity index (χ4v) is 6.42. The van der Waals surface area contributed by atoms with Crippen molar-refractivity contribution >= 4 is 8.60 Å². The van der Waals surface area contributed by atoms with Gasteiger partial charge >= 0.3 is 8.60 Å². The zero-order valence-corrected chi connectivity index (χ0v) is 32.9. The molecule has 0 aliphatic carbocycles. The molecular formula is C33H61O27P. The van der Waals surface area contributed by atoms with E-state index in [-0.39, 0.29) is 5.56 Å². The molecule has 0 aromatic heterocycles. The van der Waals surface area contributed by atoms with Crippen LogP contribution in [0.4, 0.5) is 0 Å². The third kappa shape index (κ3) is 15.5. The molecule has 28 heteroatoms. The predicted molar refractivity (Wildman–Crippen MR) is 197 cm³/mol. The van der Waals surface area contributed by atoms with E-state index in [1.807, 2.05) is 0 Å². The fourth-order valence-electron chi connectivity index (χ4n) is 6.08. The second-order valence-electron chi connectivity index (χ2n) is 14.4. The molecule has 360 valence electrons. The molecule has 61 heavy (non-hydrogen) atoms. The van der Waals surface area contributed by atoms with Gasteiger partial charge in [0.25, 0.3) is 0 Å². The number of benzene rings is 1. The van der Waals surface area contributed by atoms with Crippen molar-refractivity contribution < 1.29 is 137 Å². The Hall–Kier alpha value is -1.59. The standard InChI is InChI=1S/C33H61O27P/c34-6-15(40)22(46)28(52)31(55)25(49)19(43)12(37)3-9-1-2-18(60-61(58)59)11(5-14(39)21(45)27(51)33(57)30(54)24(48)17(42)8-36)10(9)4-13(38)20(44)26(50)32(56)29(53)23(47)16(41)7-35/h1-2,12-17,19-59H,3-8H2. The topological polar surface area (TPSA) is 535 Å². The molecule has 0 saturated carbocycles. The van der Waals surface area contributed by atoms with E-state index in [4.69, 9.17) is 19.8 Å². The smallest absolute Gasteiger partial charge is 0.391 e. The van der Waals surface area contributed by atoms with Crippen LogP contribution in [0.3, 0.4) is 0 Å². The molecule has 1 aromatic carbocycles. The highest BCUT2D eigenvalue weighted by atomic mass is 31.2. The predicted octanol–water partition coefficient (Wildman–Crippen LogP) is -13.5. The fraction of sp³-hybridized carbons (Fsp3) is 0.818. The molecule has 0 aliphatic heterocycles. The lowest BCUT2D eigenvalue weighted by Crippen LogP contribution is -2.55. The third-order valence-electron chi connectivity index (χ3n) is 10.0. The van der Waals surface area contributed by atoms with Crippen molar-refractivity contribution in [1.82, 2.24) is 0 Å². The molecule has 0 fully saturated rings. The van der Waals surface area contributed by atoms with Crippen molar-refractivity contribution in [3.8, 4) is 5.75 Å². The Labute approximate surface area is 347 Å². The second-order valence-corrected chi connectivity index (χ2v) is 15.1. The average Bonchev–Trinajstić information content (AvgIpc) is 3.25. The molecular weight excluding hydrogens is 859 g/mol. The van der Waals surface area contributed by atoms with Gasteiger partial charge in [-0.05, 0) is 17.2 Å². The van der Waals surface area contributed by atoms with Gasteiger partial charge in [-0.2, -0.15) is 0 Å². The van der Waals surface area contributed by atoms with E-state index in [1.54, 1.807) is 0 Å². The van der Waals surface area contributed by atoms with Crippen LogP contribution in [0, 0.1) is 0 Å². The van der Waals surface area contributed by atoms with Crippen LogP contribution in [0.2, 0.25) is 0 Å².